The highest BCUT2D eigenvalue weighted by Crippen LogP contribution is 2.56. The number of nitrogens with zero attached hydrogens (tertiary/aromatic N) is 4. The van der Waals surface area contributed by atoms with Gasteiger partial charge in [-0.1, -0.05) is 23.7 Å². The van der Waals surface area contributed by atoms with Crippen molar-refractivity contribution in [2.24, 2.45) is 0 Å². The molecule has 0 amide bonds. The van der Waals surface area contributed by atoms with Crippen LogP contribution in [0.25, 0.3) is 17.1 Å². The van der Waals surface area contributed by atoms with E-state index >= 15 is 0 Å². The molecular weight excluding hydrogens is 529 g/mol. The van der Waals surface area contributed by atoms with Crippen LogP contribution in [-0.4, -0.2) is 24.6 Å². The molecule has 2 atom stereocenters. The highest BCUT2D eigenvalue weighted by Gasteiger charge is 2.42. The second-order valence-corrected chi connectivity index (χ2v) is 10.8. The zero-order valence-corrected chi connectivity index (χ0v) is 22.5. The van der Waals surface area contributed by atoms with E-state index < -0.39 is 17.3 Å². The van der Waals surface area contributed by atoms with E-state index in [1.165, 1.54) is 16.7 Å². The van der Waals surface area contributed by atoms with Crippen molar-refractivity contribution in [3.8, 4) is 17.1 Å². The number of hydrogen-bond donors (Lipinski definition) is 1. The SMILES string of the molecule is Cc1cnc(-c2ccnc(C(C)(C)O)n2)cc1-n1c(C)cc([C@H]2C[C@@H]2c2ccc(C(F)(F)F)cc2)c(Cl)c1=O. The molecule has 1 N–H and O–H groups in total. The Bertz CT molecular complexity index is 1630. The molecule has 0 unspecified atom stereocenters. The van der Waals surface area contributed by atoms with Crippen molar-refractivity contribution in [2.75, 3.05) is 0 Å². The summed E-state index contributed by atoms with van der Waals surface area (Å²) < 4.78 is 40.3. The smallest absolute Gasteiger partial charge is 0.382 e. The van der Waals surface area contributed by atoms with Gasteiger partial charge in [0, 0.05) is 18.1 Å². The minimum Gasteiger partial charge on any atom is -0.382 e. The summed E-state index contributed by atoms with van der Waals surface area (Å²) >= 11 is 6.63. The van der Waals surface area contributed by atoms with Gasteiger partial charge in [0.2, 0.25) is 0 Å². The van der Waals surface area contributed by atoms with Gasteiger partial charge < -0.3 is 5.11 Å². The summed E-state index contributed by atoms with van der Waals surface area (Å²) in [6.07, 6.45) is -0.499. The number of alkyl halides is 3. The van der Waals surface area contributed by atoms with Gasteiger partial charge in [0.15, 0.2) is 5.82 Å². The molecule has 39 heavy (non-hydrogen) atoms. The Kier molecular flexibility index (Phi) is 6.63. The van der Waals surface area contributed by atoms with Crippen LogP contribution in [0.1, 0.15) is 65.9 Å². The van der Waals surface area contributed by atoms with Crippen LogP contribution in [-0.2, 0) is 11.8 Å². The highest BCUT2D eigenvalue weighted by molar-refractivity contribution is 6.31. The second-order valence-electron chi connectivity index (χ2n) is 10.4. The lowest BCUT2D eigenvalue weighted by Crippen LogP contribution is -2.23. The molecule has 1 saturated carbocycles. The number of rotatable bonds is 5. The van der Waals surface area contributed by atoms with E-state index in [1.54, 1.807) is 38.4 Å². The van der Waals surface area contributed by atoms with Gasteiger partial charge >= 0.3 is 6.18 Å². The summed E-state index contributed by atoms with van der Waals surface area (Å²) in [6, 6.07) is 10.5. The number of pyridine rings is 2. The Labute approximate surface area is 228 Å². The topological polar surface area (TPSA) is 80.9 Å². The lowest BCUT2D eigenvalue weighted by molar-refractivity contribution is -0.137. The zero-order chi connectivity index (χ0) is 28.3. The molecule has 0 saturated heterocycles. The number of aliphatic hydroxyl groups is 1. The van der Waals surface area contributed by atoms with Gasteiger partial charge in [-0.25, -0.2) is 9.97 Å². The Balaban J connectivity index is 1.49. The second kappa shape index (κ2) is 9.57. The number of halogens is 4. The molecule has 4 aromatic rings. The van der Waals surface area contributed by atoms with Gasteiger partial charge in [-0.15, -0.1) is 0 Å². The third-order valence-electron chi connectivity index (χ3n) is 7.00. The molecule has 1 aliphatic rings. The van der Waals surface area contributed by atoms with E-state index in [9.17, 15) is 23.1 Å². The van der Waals surface area contributed by atoms with Crippen molar-refractivity contribution in [1.82, 2.24) is 19.5 Å². The summed E-state index contributed by atoms with van der Waals surface area (Å²) in [6.45, 7) is 6.83. The minimum absolute atomic E-state index is 0.00330. The van der Waals surface area contributed by atoms with Gasteiger partial charge in [0.25, 0.3) is 5.56 Å². The molecule has 1 fully saturated rings. The normalized spacial score (nSPS) is 17.4. The van der Waals surface area contributed by atoms with E-state index in [0.29, 0.717) is 34.8 Å². The molecule has 0 aliphatic heterocycles. The van der Waals surface area contributed by atoms with Crippen LogP contribution in [0.5, 0.6) is 0 Å². The lowest BCUT2D eigenvalue weighted by Gasteiger charge is -2.17. The van der Waals surface area contributed by atoms with Crippen molar-refractivity contribution in [3.63, 3.8) is 0 Å². The average molecular weight is 555 g/mol. The van der Waals surface area contributed by atoms with Crippen LogP contribution in [0.2, 0.25) is 5.02 Å². The molecule has 3 aromatic heterocycles. The lowest BCUT2D eigenvalue weighted by atomic mass is 10.0. The van der Waals surface area contributed by atoms with Crippen molar-refractivity contribution in [3.05, 3.63) is 104 Å². The maximum absolute atomic E-state index is 13.6. The number of aromatic nitrogens is 4. The van der Waals surface area contributed by atoms with Gasteiger partial charge in [-0.3, -0.25) is 14.3 Å². The molecule has 0 spiro atoms. The number of aryl methyl sites for hydroxylation is 2. The average Bonchev–Trinajstić information content (AvgIpc) is 3.67. The summed E-state index contributed by atoms with van der Waals surface area (Å²) in [7, 11) is 0. The fourth-order valence-corrected chi connectivity index (χ4v) is 5.10. The predicted molar refractivity (Wildman–Crippen MR) is 142 cm³/mol. The highest BCUT2D eigenvalue weighted by atomic mass is 35.5. The van der Waals surface area contributed by atoms with E-state index in [0.717, 1.165) is 23.3 Å². The first-order valence-electron chi connectivity index (χ1n) is 12.4. The van der Waals surface area contributed by atoms with Crippen LogP contribution in [0.3, 0.4) is 0 Å². The van der Waals surface area contributed by atoms with Crippen LogP contribution in [0.15, 0.2) is 59.7 Å². The van der Waals surface area contributed by atoms with Crippen molar-refractivity contribution in [1.29, 1.82) is 0 Å². The van der Waals surface area contributed by atoms with Crippen LogP contribution in [0.4, 0.5) is 13.2 Å². The van der Waals surface area contributed by atoms with E-state index in [2.05, 4.69) is 15.0 Å². The predicted octanol–water partition coefficient (Wildman–Crippen LogP) is 6.48. The zero-order valence-electron chi connectivity index (χ0n) is 21.7. The number of hydrogen-bond acceptors (Lipinski definition) is 5. The summed E-state index contributed by atoms with van der Waals surface area (Å²) in [4.78, 5) is 26.6. The standard InChI is InChI=1S/C29H26ClF3N4O2/c1-15-14-35-23(22-9-10-34-27(36-22)28(3,4)39)13-24(15)37-16(2)11-21(25(30)26(37)38)20-12-19(20)17-5-7-18(8-6-17)29(31,32)33/h5-11,13-14,19-20,39H,12H2,1-4H3/t19-,20+/m1/s1. The van der Waals surface area contributed by atoms with E-state index in [4.69, 9.17) is 11.6 Å². The Morgan fingerprint density at radius 1 is 1.00 bits per heavy atom. The maximum Gasteiger partial charge on any atom is 0.416 e. The molecule has 1 aliphatic carbocycles. The van der Waals surface area contributed by atoms with Crippen LogP contribution < -0.4 is 5.56 Å². The Morgan fingerprint density at radius 2 is 1.69 bits per heavy atom. The molecule has 0 bridgehead atoms. The third-order valence-corrected chi connectivity index (χ3v) is 7.38. The Hall–Kier alpha value is -3.56. The molecule has 5 rings (SSSR count). The van der Waals surface area contributed by atoms with Crippen molar-refractivity contribution in [2.45, 2.75) is 57.7 Å². The largest absolute Gasteiger partial charge is 0.416 e. The van der Waals surface area contributed by atoms with Crippen molar-refractivity contribution >= 4 is 11.6 Å². The molecule has 202 valence electrons. The summed E-state index contributed by atoms with van der Waals surface area (Å²) in [5.74, 6) is 0.193. The summed E-state index contributed by atoms with van der Waals surface area (Å²) in [5.41, 5.74) is 2.17. The summed E-state index contributed by atoms with van der Waals surface area (Å²) in [5, 5.41) is 10.4. The quantitative estimate of drug-likeness (QED) is 0.305. The molecular formula is C29H26ClF3N4O2. The molecule has 10 heteroatoms. The third kappa shape index (κ3) is 5.21. The van der Waals surface area contributed by atoms with Crippen molar-refractivity contribution < 1.29 is 18.3 Å². The fourth-order valence-electron chi connectivity index (χ4n) is 4.82. The molecule has 6 nitrogen and oxygen atoms in total. The first kappa shape index (κ1) is 27.0. The fraction of sp³-hybridized carbons (Fsp3) is 0.310. The minimum atomic E-state index is -4.39. The van der Waals surface area contributed by atoms with Gasteiger partial charge in [-0.2, -0.15) is 13.2 Å². The molecule has 1 aromatic carbocycles. The van der Waals surface area contributed by atoms with Gasteiger partial charge in [0.05, 0.1) is 22.6 Å². The first-order valence-corrected chi connectivity index (χ1v) is 12.8. The number of benzene rings is 1. The first-order chi connectivity index (χ1) is 18.3. The van der Waals surface area contributed by atoms with Gasteiger partial charge in [0.1, 0.15) is 10.6 Å². The van der Waals surface area contributed by atoms with E-state index in [1.807, 2.05) is 19.9 Å². The van der Waals surface area contributed by atoms with Crippen LogP contribution >= 0.6 is 11.6 Å². The Morgan fingerprint density at radius 3 is 2.33 bits per heavy atom. The monoisotopic (exact) mass is 554 g/mol. The molecule has 3 heterocycles. The van der Waals surface area contributed by atoms with Gasteiger partial charge in [-0.05, 0) is 93.0 Å². The molecule has 0 radical (unpaired) electrons. The maximum atomic E-state index is 13.6. The van der Waals surface area contributed by atoms with Crippen LogP contribution in [0, 0.1) is 13.8 Å². The van der Waals surface area contributed by atoms with E-state index in [-0.39, 0.29) is 28.2 Å².